The molecule has 0 atom stereocenters. The predicted molar refractivity (Wildman–Crippen MR) is 96.0 cm³/mol. The number of primary amides is 1. The van der Waals surface area contributed by atoms with Crippen LogP contribution in [-0.4, -0.2) is 49.1 Å². The van der Waals surface area contributed by atoms with Gasteiger partial charge in [0.1, 0.15) is 0 Å². The summed E-state index contributed by atoms with van der Waals surface area (Å²) in [6.45, 7) is 8.22. The summed E-state index contributed by atoms with van der Waals surface area (Å²) in [6, 6.07) is 7.28. The highest BCUT2D eigenvalue weighted by Gasteiger charge is 2.21. The van der Waals surface area contributed by atoms with Crippen LogP contribution in [0.2, 0.25) is 0 Å². The van der Waals surface area contributed by atoms with Crippen LogP contribution < -0.4 is 11.1 Å². The van der Waals surface area contributed by atoms with E-state index in [2.05, 4.69) is 17.1 Å². The van der Waals surface area contributed by atoms with E-state index in [1.807, 2.05) is 19.1 Å². The maximum Gasteiger partial charge on any atom is 0.248 e. The third kappa shape index (κ3) is 5.23. The number of guanidine groups is 1. The Balaban J connectivity index is 1.96. The van der Waals surface area contributed by atoms with Crippen molar-refractivity contribution in [1.82, 2.24) is 10.2 Å². The van der Waals surface area contributed by atoms with Crippen LogP contribution in [0.15, 0.2) is 29.3 Å². The molecule has 1 heterocycles. The number of aliphatic imine (C=N–C) groups is 1. The molecule has 1 fully saturated rings. The largest absolute Gasteiger partial charge is 0.378 e. The number of likely N-dealkylation sites (tertiary alicyclic amines) is 1. The van der Waals surface area contributed by atoms with Crippen molar-refractivity contribution in [3.63, 3.8) is 0 Å². The lowest BCUT2D eigenvalue weighted by atomic mass is 10.1. The lowest BCUT2D eigenvalue weighted by molar-refractivity contribution is 0.0263. The fraction of sp³-hybridized carbons (Fsp3) is 0.556. The van der Waals surface area contributed by atoms with Crippen LogP contribution in [0.1, 0.15) is 42.6 Å². The summed E-state index contributed by atoms with van der Waals surface area (Å²) in [4.78, 5) is 18.1. The number of benzene rings is 1. The molecule has 0 aliphatic carbocycles. The fourth-order valence-electron chi connectivity index (χ4n) is 2.84. The van der Waals surface area contributed by atoms with Crippen molar-refractivity contribution >= 4 is 11.9 Å². The van der Waals surface area contributed by atoms with E-state index >= 15 is 0 Å². The number of amides is 1. The van der Waals surface area contributed by atoms with Gasteiger partial charge in [-0.1, -0.05) is 12.1 Å². The molecule has 2 rings (SSSR count). The van der Waals surface area contributed by atoms with Gasteiger partial charge in [0.2, 0.25) is 5.91 Å². The third-order valence-electron chi connectivity index (χ3n) is 4.13. The number of nitrogens with two attached hydrogens (primary N) is 1. The number of hydrogen-bond acceptors (Lipinski definition) is 3. The van der Waals surface area contributed by atoms with Crippen LogP contribution in [0.25, 0.3) is 0 Å². The van der Waals surface area contributed by atoms with Crippen molar-refractivity contribution in [2.75, 3.05) is 26.2 Å². The quantitative estimate of drug-likeness (QED) is 0.614. The molecule has 0 radical (unpaired) electrons. The molecule has 1 aromatic rings. The molecule has 3 N–H and O–H groups in total. The SMILES string of the molecule is CCNC(=NCc1ccc(C(N)=O)cc1)N1CCC(OCC)CC1. The van der Waals surface area contributed by atoms with E-state index in [0.717, 1.165) is 50.6 Å². The Labute approximate surface area is 144 Å². The first-order chi connectivity index (χ1) is 11.6. The van der Waals surface area contributed by atoms with Crippen molar-refractivity contribution in [3.05, 3.63) is 35.4 Å². The van der Waals surface area contributed by atoms with Crippen LogP contribution in [0.5, 0.6) is 0 Å². The lowest BCUT2D eigenvalue weighted by Gasteiger charge is -2.34. The Kier molecular flexibility index (Phi) is 7.06. The minimum Gasteiger partial charge on any atom is -0.378 e. The average Bonchev–Trinajstić information content (AvgIpc) is 2.60. The van der Waals surface area contributed by atoms with Crippen molar-refractivity contribution in [1.29, 1.82) is 0 Å². The minimum absolute atomic E-state index is 0.371. The molecule has 24 heavy (non-hydrogen) atoms. The van der Waals surface area contributed by atoms with Crippen LogP contribution in [-0.2, 0) is 11.3 Å². The van der Waals surface area contributed by atoms with Gasteiger partial charge in [0.05, 0.1) is 12.6 Å². The topological polar surface area (TPSA) is 79.9 Å². The molecule has 1 saturated heterocycles. The van der Waals surface area contributed by atoms with Crippen LogP contribution in [0, 0.1) is 0 Å². The van der Waals surface area contributed by atoms with E-state index in [0.29, 0.717) is 18.2 Å². The minimum atomic E-state index is -0.407. The number of hydrogen-bond donors (Lipinski definition) is 2. The number of nitrogens with one attached hydrogen (secondary N) is 1. The standard InChI is InChI=1S/C18H28N4O2/c1-3-20-18(22-11-9-16(10-12-22)24-4-2)21-13-14-5-7-15(8-6-14)17(19)23/h5-8,16H,3-4,9-13H2,1-2H3,(H2,19,23)(H,20,21). The Hall–Kier alpha value is -2.08. The van der Waals surface area contributed by atoms with Gasteiger partial charge in [0.15, 0.2) is 5.96 Å². The van der Waals surface area contributed by atoms with E-state index in [1.165, 1.54) is 0 Å². The van der Waals surface area contributed by atoms with Gasteiger partial charge in [0, 0.05) is 31.8 Å². The summed E-state index contributed by atoms with van der Waals surface area (Å²) in [7, 11) is 0. The fourth-order valence-corrected chi connectivity index (χ4v) is 2.84. The summed E-state index contributed by atoms with van der Waals surface area (Å²) < 4.78 is 5.71. The Morgan fingerprint density at radius 2 is 1.96 bits per heavy atom. The number of carbonyl (C=O) groups is 1. The monoisotopic (exact) mass is 332 g/mol. The predicted octanol–water partition coefficient (Wildman–Crippen LogP) is 1.75. The van der Waals surface area contributed by atoms with E-state index in [-0.39, 0.29) is 0 Å². The summed E-state index contributed by atoms with van der Waals surface area (Å²) in [5.41, 5.74) is 6.84. The first kappa shape index (κ1) is 18.3. The van der Waals surface area contributed by atoms with Gasteiger partial charge >= 0.3 is 0 Å². The van der Waals surface area contributed by atoms with Gasteiger partial charge < -0.3 is 20.7 Å². The normalized spacial score (nSPS) is 16.2. The van der Waals surface area contributed by atoms with Crippen molar-refractivity contribution in [2.24, 2.45) is 10.7 Å². The molecule has 0 bridgehead atoms. The maximum absolute atomic E-state index is 11.1. The molecule has 0 spiro atoms. The Bertz CT molecular complexity index is 549. The molecule has 1 aromatic carbocycles. The van der Waals surface area contributed by atoms with Crippen molar-refractivity contribution in [3.8, 4) is 0 Å². The molecule has 6 nitrogen and oxygen atoms in total. The van der Waals surface area contributed by atoms with Crippen LogP contribution in [0.4, 0.5) is 0 Å². The molecule has 132 valence electrons. The van der Waals surface area contributed by atoms with Gasteiger partial charge in [-0.25, -0.2) is 4.99 Å². The number of rotatable bonds is 6. The number of ether oxygens (including phenoxy) is 1. The second kappa shape index (κ2) is 9.27. The molecular weight excluding hydrogens is 304 g/mol. The van der Waals surface area contributed by atoms with Gasteiger partial charge in [0.25, 0.3) is 0 Å². The van der Waals surface area contributed by atoms with Gasteiger partial charge in [-0.15, -0.1) is 0 Å². The Morgan fingerprint density at radius 1 is 1.29 bits per heavy atom. The van der Waals surface area contributed by atoms with Crippen molar-refractivity contribution in [2.45, 2.75) is 39.3 Å². The first-order valence-electron chi connectivity index (χ1n) is 8.67. The third-order valence-corrected chi connectivity index (χ3v) is 4.13. The number of piperidine rings is 1. The zero-order chi connectivity index (χ0) is 17.4. The molecule has 1 aliphatic rings. The maximum atomic E-state index is 11.1. The first-order valence-corrected chi connectivity index (χ1v) is 8.67. The zero-order valence-electron chi connectivity index (χ0n) is 14.6. The van der Waals surface area contributed by atoms with Gasteiger partial charge in [-0.2, -0.15) is 0 Å². The highest BCUT2D eigenvalue weighted by atomic mass is 16.5. The van der Waals surface area contributed by atoms with E-state index in [4.69, 9.17) is 15.5 Å². The lowest BCUT2D eigenvalue weighted by Crippen LogP contribution is -2.47. The van der Waals surface area contributed by atoms with Crippen LogP contribution in [0.3, 0.4) is 0 Å². The Morgan fingerprint density at radius 3 is 2.50 bits per heavy atom. The molecule has 0 saturated carbocycles. The average molecular weight is 332 g/mol. The molecule has 6 heteroatoms. The van der Waals surface area contributed by atoms with Gasteiger partial charge in [-0.3, -0.25) is 4.79 Å². The van der Waals surface area contributed by atoms with E-state index in [1.54, 1.807) is 12.1 Å². The zero-order valence-corrected chi connectivity index (χ0v) is 14.6. The summed E-state index contributed by atoms with van der Waals surface area (Å²) >= 11 is 0. The smallest absolute Gasteiger partial charge is 0.248 e. The van der Waals surface area contributed by atoms with E-state index in [9.17, 15) is 4.79 Å². The second-order valence-corrected chi connectivity index (χ2v) is 5.87. The van der Waals surface area contributed by atoms with Crippen molar-refractivity contribution < 1.29 is 9.53 Å². The highest BCUT2D eigenvalue weighted by molar-refractivity contribution is 5.92. The van der Waals surface area contributed by atoms with E-state index < -0.39 is 5.91 Å². The molecule has 1 amide bonds. The molecule has 1 aliphatic heterocycles. The molecular formula is C18H28N4O2. The molecule has 0 aromatic heterocycles. The summed E-state index contributed by atoms with van der Waals surface area (Å²) in [6.07, 6.45) is 2.44. The summed E-state index contributed by atoms with van der Waals surface area (Å²) in [5, 5.41) is 3.36. The summed E-state index contributed by atoms with van der Waals surface area (Å²) in [5.74, 6) is 0.530. The second-order valence-electron chi connectivity index (χ2n) is 5.87. The highest BCUT2D eigenvalue weighted by Crippen LogP contribution is 2.14. The van der Waals surface area contributed by atoms with Crippen LogP contribution >= 0.6 is 0 Å². The molecule has 0 unspecified atom stereocenters. The number of nitrogens with zero attached hydrogens (tertiary/aromatic N) is 2. The number of carbonyl (C=O) groups excluding carboxylic acids is 1. The van der Waals surface area contributed by atoms with Gasteiger partial charge in [-0.05, 0) is 44.4 Å².